The molecule has 5 rings (SSSR count). The zero-order valence-corrected chi connectivity index (χ0v) is 20.7. The van der Waals surface area contributed by atoms with Crippen molar-refractivity contribution in [2.75, 3.05) is 46.1 Å². The minimum atomic E-state index is -0.656. The van der Waals surface area contributed by atoms with Gasteiger partial charge >= 0.3 is 12.0 Å². The van der Waals surface area contributed by atoms with E-state index in [9.17, 15) is 9.59 Å². The number of carbonyl (C=O) groups is 2. The van der Waals surface area contributed by atoms with Crippen LogP contribution in [0.25, 0.3) is 0 Å². The van der Waals surface area contributed by atoms with Gasteiger partial charge in [0, 0.05) is 39.3 Å². The molecule has 1 fully saturated rings. The predicted molar refractivity (Wildman–Crippen MR) is 134 cm³/mol. The smallest absolute Gasteiger partial charge is 0.341 e. The van der Waals surface area contributed by atoms with Gasteiger partial charge in [-0.3, -0.25) is 14.6 Å². The van der Waals surface area contributed by atoms with Crippen molar-refractivity contribution < 1.29 is 23.8 Å². The van der Waals surface area contributed by atoms with E-state index in [1.54, 1.807) is 6.92 Å². The van der Waals surface area contributed by atoms with E-state index in [1.807, 2.05) is 43.3 Å². The molecule has 2 unspecified atom stereocenters. The number of nitrogens with one attached hydrogen (secondary N) is 1. The normalized spacial score (nSPS) is 22.2. The quantitative estimate of drug-likeness (QED) is 0.594. The number of piperazine rings is 1. The molecule has 2 aromatic carbocycles. The van der Waals surface area contributed by atoms with E-state index in [-0.39, 0.29) is 19.4 Å². The third-order valence-corrected chi connectivity index (χ3v) is 6.89. The summed E-state index contributed by atoms with van der Waals surface area (Å²) in [6.07, 6.45) is 0. The van der Waals surface area contributed by atoms with Crippen LogP contribution >= 0.6 is 0 Å². The number of hydrogen-bond donors (Lipinski definition) is 1. The largest absolute Gasteiger partial charge is 0.465 e. The molecule has 1 saturated heterocycles. The fraction of sp³-hybridized carbons (Fsp3) is 0.444. The third-order valence-electron chi connectivity index (χ3n) is 6.89. The summed E-state index contributed by atoms with van der Waals surface area (Å²) in [5.74, 6) is 0.578. The monoisotopic (exact) mass is 492 g/mol. The molecule has 0 aliphatic carbocycles. The summed E-state index contributed by atoms with van der Waals surface area (Å²) in [6.45, 7) is 9.00. The van der Waals surface area contributed by atoms with Crippen LogP contribution in [0.5, 0.6) is 11.5 Å². The van der Waals surface area contributed by atoms with E-state index in [0.717, 1.165) is 55.3 Å². The van der Waals surface area contributed by atoms with Gasteiger partial charge in [0.2, 0.25) is 6.79 Å². The van der Waals surface area contributed by atoms with Crippen LogP contribution in [0.4, 0.5) is 4.79 Å². The Kier molecular flexibility index (Phi) is 7.20. The van der Waals surface area contributed by atoms with Crippen molar-refractivity contribution in [2.45, 2.75) is 26.4 Å². The highest BCUT2D eigenvalue weighted by Crippen LogP contribution is 2.33. The Labute approximate surface area is 211 Å². The number of rotatable bonds is 7. The number of aryl methyl sites for hydroxylation is 1. The van der Waals surface area contributed by atoms with Gasteiger partial charge in [0.15, 0.2) is 11.5 Å². The van der Waals surface area contributed by atoms with Gasteiger partial charge in [-0.05, 0) is 37.1 Å². The number of fused-ring (bicyclic) bond motifs is 1. The van der Waals surface area contributed by atoms with Crippen LogP contribution in [0.3, 0.4) is 0 Å². The standard InChI is InChI=1S/C27H32N4O5/c1-3-34-26(32)24-21(28-27(33)29-25(24)20-7-4-18(2)5-8-20)16-31-12-10-30(11-13-31)15-19-6-9-22-23(14-19)36-17-35-22/h4-9,14,24-25H,3,10-13,15-17H2,1-2H3,(H,29,33). The molecule has 3 heterocycles. The maximum absolute atomic E-state index is 13.0. The summed E-state index contributed by atoms with van der Waals surface area (Å²) in [4.78, 5) is 34.5. The van der Waals surface area contributed by atoms with E-state index in [2.05, 4.69) is 26.2 Å². The third kappa shape index (κ3) is 5.37. The summed E-state index contributed by atoms with van der Waals surface area (Å²) < 4.78 is 16.3. The number of hydrogen-bond acceptors (Lipinski definition) is 7. The van der Waals surface area contributed by atoms with Crippen molar-refractivity contribution in [3.05, 3.63) is 59.2 Å². The lowest BCUT2D eigenvalue weighted by Crippen LogP contribution is -2.52. The van der Waals surface area contributed by atoms with Crippen LogP contribution in [0.15, 0.2) is 47.5 Å². The minimum absolute atomic E-state index is 0.274. The Hall–Kier alpha value is -3.43. The van der Waals surface area contributed by atoms with E-state index < -0.39 is 18.0 Å². The Bertz CT molecular complexity index is 1140. The Morgan fingerprint density at radius 3 is 2.44 bits per heavy atom. The molecule has 2 amide bonds. The molecule has 0 radical (unpaired) electrons. The Morgan fingerprint density at radius 2 is 1.72 bits per heavy atom. The molecule has 2 atom stereocenters. The van der Waals surface area contributed by atoms with Gasteiger partial charge in [0.1, 0.15) is 5.92 Å². The highest BCUT2D eigenvalue weighted by atomic mass is 16.7. The van der Waals surface area contributed by atoms with Crippen molar-refractivity contribution in [2.24, 2.45) is 10.9 Å². The summed E-state index contributed by atoms with van der Waals surface area (Å²) in [7, 11) is 0. The maximum Gasteiger partial charge on any atom is 0.341 e. The molecule has 0 saturated carbocycles. The summed E-state index contributed by atoms with van der Waals surface area (Å²) in [6, 6.07) is 13.0. The second-order valence-corrected chi connectivity index (χ2v) is 9.41. The highest BCUT2D eigenvalue weighted by molar-refractivity contribution is 6.10. The average Bonchev–Trinajstić information content (AvgIpc) is 3.33. The number of nitrogens with zero attached hydrogens (tertiary/aromatic N) is 3. The maximum atomic E-state index is 13.0. The lowest BCUT2D eigenvalue weighted by molar-refractivity contribution is -0.146. The lowest BCUT2D eigenvalue weighted by Gasteiger charge is -2.37. The van der Waals surface area contributed by atoms with Gasteiger partial charge in [-0.25, -0.2) is 9.79 Å². The highest BCUT2D eigenvalue weighted by Gasteiger charge is 2.40. The fourth-order valence-corrected chi connectivity index (χ4v) is 4.96. The molecule has 190 valence electrons. The molecule has 0 bridgehead atoms. The predicted octanol–water partition coefficient (Wildman–Crippen LogP) is 2.93. The number of amides is 2. The first-order chi connectivity index (χ1) is 17.5. The van der Waals surface area contributed by atoms with E-state index in [0.29, 0.717) is 12.3 Å². The van der Waals surface area contributed by atoms with Crippen LogP contribution < -0.4 is 14.8 Å². The number of benzene rings is 2. The van der Waals surface area contributed by atoms with E-state index in [4.69, 9.17) is 14.2 Å². The van der Waals surface area contributed by atoms with Crippen LogP contribution in [0.2, 0.25) is 0 Å². The van der Waals surface area contributed by atoms with E-state index in [1.165, 1.54) is 5.56 Å². The van der Waals surface area contributed by atoms with Crippen LogP contribution in [0.1, 0.15) is 29.7 Å². The van der Waals surface area contributed by atoms with Gasteiger partial charge in [0.05, 0.1) is 18.4 Å². The SMILES string of the molecule is CCOC(=O)C1C(CN2CCN(Cc3ccc4c(c3)OCO4)CC2)=NC(=O)NC1c1ccc(C)cc1. The van der Waals surface area contributed by atoms with Gasteiger partial charge in [-0.15, -0.1) is 0 Å². The van der Waals surface area contributed by atoms with Crippen molar-refractivity contribution in [3.8, 4) is 11.5 Å². The molecule has 36 heavy (non-hydrogen) atoms. The van der Waals surface area contributed by atoms with Crippen molar-refractivity contribution >= 4 is 17.7 Å². The molecule has 9 heteroatoms. The number of aliphatic imine (C=N–C) groups is 1. The first-order valence-electron chi connectivity index (χ1n) is 12.4. The van der Waals surface area contributed by atoms with Gasteiger partial charge < -0.3 is 19.5 Å². The summed E-state index contributed by atoms with van der Waals surface area (Å²) >= 11 is 0. The molecule has 0 spiro atoms. The Balaban J connectivity index is 1.25. The van der Waals surface area contributed by atoms with Crippen molar-refractivity contribution in [1.29, 1.82) is 0 Å². The number of esters is 1. The zero-order chi connectivity index (χ0) is 25.1. The number of urea groups is 1. The summed E-state index contributed by atoms with van der Waals surface area (Å²) in [5.41, 5.74) is 3.73. The van der Waals surface area contributed by atoms with E-state index >= 15 is 0 Å². The molecular formula is C27H32N4O5. The summed E-state index contributed by atoms with van der Waals surface area (Å²) in [5, 5.41) is 2.89. The van der Waals surface area contributed by atoms with Gasteiger partial charge in [-0.1, -0.05) is 35.9 Å². The van der Waals surface area contributed by atoms with Crippen molar-refractivity contribution in [3.63, 3.8) is 0 Å². The molecule has 1 N–H and O–H groups in total. The second kappa shape index (κ2) is 10.7. The average molecular weight is 493 g/mol. The molecular weight excluding hydrogens is 460 g/mol. The lowest BCUT2D eigenvalue weighted by atomic mass is 9.87. The molecule has 3 aliphatic rings. The zero-order valence-electron chi connectivity index (χ0n) is 20.7. The van der Waals surface area contributed by atoms with Gasteiger partial charge in [0.25, 0.3) is 0 Å². The first kappa shape index (κ1) is 24.3. The Morgan fingerprint density at radius 1 is 1.03 bits per heavy atom. The number of ether oxygens (including phenoxy) is 3. The molecule has 3 aliphatic heterocycles. The number of carbonyl (C=O) groups excluding carboxylic acids is 2. The topological polar surface area (TPSA) is 92.7 Å². The van der Waals surface area contributed by atoms with Crippen LogP contribution in [0, 0.1) is 12.8 Å². The fourth-order valence-electron chi connectivity index (χ4n) is 4.96. The van der Waals surface area contributed by atoms with Gasteiger partial charge in [-0.2, -0.15) is 0 Å². The molecule has 2 aromatic rings. The molecule has 0 aromatic heterocycles. The minimum Gasteiger partial charge on any atom is -0.465 e. The first-order valence-corrected chi connectivity index (χ1v) is 12.4. The second-order valence-electron chi connectivity index (χ2n) is 9.41. The molecule has 9 nitrogen and oxygen atoms in total. The van der Waals surface area contributed by atoms with Crippen LogP contribution in [-0.4, -0.2) is 73.6 Å². The van der Waals surface area contributed by atoms with Crippen LogP contribution in [-0.2, 0) is 16.1 Å². The van der Waals surface area contributed by atoms with Crippen molar-refractivity contribution in [1.82, 2.24) is 15.1 Å².